The van der Waals surface area contributed by atoms with Crippen molar-refractivity contribution in [3.8, 4) is 0 Å². The quantitative estimate of drug-likeness (QED) is 0.756. The van der Waals surface area contributed by atoms with Crippen molar-refractivity contribution >= 4 is 23.4 Å². The monoisotopic (exact) mass is 359 g/mol. The Morgan fingerprint density at radius 1 is 1.42 bits per heavy atom. The number of aromatic nitrogens is 2. The van der Waals surface area contributed by atoms with E-state index in [2.05, 4.69) is 20.6 Å². The second-order valence-corrected chi connectivity index (χ2v) is 6.37. The van der Waals surface area contributed by atoms with Crippen molar-refractivity contribution in [1.29, 1.82) is 0 Å². The van der Waals surface area contributed by atoms with E-state index in [1.165, 1.54) is 12.1 Å². The second kappa shape index (κ2) is 8.09. The Balaban J connectivity index is 1.57. The lowest BCUT2D eigenvalue weighted by molar-refractivity contribution is -0.114. The van der Waals surface area contributed by atoms with Crippen LogP contribution in [0.2, 0.25) is 0 Å². The molecule has 0 spiro atoms. The van der Waals surface area contributed by atoms with Gasteiger partial charge in [-0.2, -0.15) is 4.98 Å². The number of carbonyl (C=O) groups is 1. The van der Waals surface area contributed by atoms with Crippen LogP contribution in [0.3, 0.4) is 0 Å². The molecule has 1 saturated heterocycles. The maximum absolute atomic E-state index is 13.8. The number of amides is 1. The Morgan fingerprint density at radius 3 is 3.04 bits per heavy atom. The molecule has 1 aromatic heterocycles. The zero-order valence-corrected chi connectivity index (χ0v) is 14.6. The van der Waals surface area contributed by atoms with Gasteiger partial charge in [0.2, 0.25) is 11.9 Å². The Hall–Kier alpha value is -2.74. The first-order valence-corrected chi connectivity index (χ1v) is 8.57. The zero-order valence-electron chi connectivity index (χ0n) is 14.6. The molecule has 3 rings (SSSR count). The number of aliphatic hydroxyl groups is 1. The molecule has 0 radical (unpaired) electrons. The lowest BCUT2D eigenvalue weighted by Crippen LogP contribution is -2.38. The maximum Gasteiger partial charge on any atom is 0.243 e. The maximum atomic E-state index is 13.8. The third-order valence-corrected chi connectivity index (χ3v) is 4.17. The summed E-state index contributed by atoms with van der Waals surface area (Å²) in [6, 6.07) is 6.39. The number of nitrogens with zero attached hydrogens (tertiary/aromatic N) is 3. The molecule has 1 aliphatic rings. The zero-order chi connectivity index (χ0) is 18.5. The third-order valence-electron chi connectivity index (χ3n) is 4.17. The number of nitrogens with one attached hydrogen (secondary N) is 2. The van der Waals surface area contributed by atoms with Crippen molar-refractivity contribution in [2.45, 2.75) is 25.9 Å². The van der Waals surface area contributed by atoms with Crippen LogP contribution in [0.25, 0.3) is 0 Å². The van der Waals surface area contributed by atoms with Gasteiger partial charge in [0.15, 0.2) is 0 Å². The van der Waals surface area contributed by atoms with Crippen molar-refractivity contribution in [2.24, 2.45) is 0 Å². The van der Waals surface area contributed by atoms with Gasteiger partial charge in [0.05, 0.1) is 18.3 Å². The highest BCUT2D eigenvalue weighted by atomic mass is 19.1. The molecule has 1 atom stereocenters. The van der Waals surface area contributed by atoms with Gasteiger partial charge in [-0.15, -0.1) is 0 Å². The molecule has 0 unspecified atom stereocenters. The molecule has 1 aromatic carbocycles. The topological polar surface area (TPSA) is 90.4 Å². The summed E-state index contributed by atoms with van der Waals surface area (Å²) in [5.74, 6) is 0.142. The summed E-state index contributed by atoms with van der Waals surface area (Å²) in [6.07, 6.45) is 2.94. The average molecular weight is 359 g/mol. The van der Waals surface area contributed by atoms with Crippen molar-refractivity contribution in [3.63, 3.8) is 0 Å². The molecule has 3 N–H and O–H groups in total. The van der Waals surface area contributed by atoms with Gasteiger partial charge in [0.1, 0.15) is 11.6 Å². The summed E-state index contributed by atoms with van der Waals surface area (Å²) in [4.78, 5) is 22.5. The standard InChI is InChI=1S/C18H22FN5O2/c1-12-4-5-15(14(19)9-12)22-17(26)10-21-18-20-7-6-16(23-18)24-8-2-3-13(25)11-24/h4-7,9,13,25H,2-3,8,10-11H2,1H3,(H,22,26)(H,20,21,23)/t13-/m1/s1. The van der Waals surface area contributed by atoms with E-state index in [1.807, 2.05) is 4.90 Å². The molecule has 0 aliphatic carbocycles. The lowest BCUT2D eigenvalue weighted by atomic mass is 10.1. The first kappa shape index (κ1) is 18.1. The predicted octanol–water partition coefficient (Wildman–Crippen LogP) is 1.94. The number of hydrogen-bond acceptors (Lipinski definition) is 6. The minimum absolute atomic E-state index is 0.0839. The van der Waals surface area contributed by atoms with Crippen LogP contribution in [0.5, 0.6) is 0 Å². The Kier molecular flexibility index (Phi) is 5.62. The number of halogens is 1. The SMILES string of the molecule is Cc1ccc(NC(=O)CNc2nccc(N3CCC[C@@H](O)C3)n2)c(F)c1. The summed E-state index contributed by atoms with van der Waals surface area (Å²) < 4.78 is 13.8. The highest BCUT2D eigenvalue weighted by Crippen LogP contribution is 2.18. The molecule has 138 valence electrons. The number of carbonyl (C=O) groups excluding carboxylic acids is 1. The molecule has 26 heavy (non-hydrogen) atoms. The van der Waals surface area contributed by atoms with E-state index in [-0.39, 0.29) is 18.3 Å². The Labute approximate surface area is 151 Å². The molecule has 8 heteroatoms. The molecule has 1 amide bonds. The largest absolute Gasteiger partial charge is 0.391 e. The van der Waals surface area contributed by atoms with Crippen LogP contribution in [-0.2, 0) is 4.79 Å². The number of aliphatic hydroxyl groups excluding tert-OH is 1. The predicted molar refractivity (Wildman–Crippen MR) is 97.7 cm³/mol. The molecule has 1 aliphatic heterocycles. The summed E-state index contributed by atoms with van der Waals surface area (Å²) in [7, 11) is 0. The van der Waals surface area contributed by atoms with Gasteiger partial charge in [0.25, 0.3) is 0 Å². The molecule has 0 bridgehead atoms. The van der Waals surface area contributed by atoms with E-state index < -0.39 is 11.7 Å². The van der Waals surface area contributed by atoms with Gasteiger partial charge in [-0.05, 0) is 43.5 Å². The summed E-state index contributed by atoms with van der Waals surface area (Å²) in [5.41, 5.74) is 0.922. The van der Waals surface area contributed by atoms with Crippen LogP contribution in [0.1, 0.15) is 18.4 Å². The van der Waals surface area contributed by atoms with E-state index in [4.69, 9.17) is 0 Å². The van der Waals surface area contributed by atoms with E-state index in [0.29, 0.717) is 18.3 Å². The van der Waals surface area contributed by atoms with Gasteiger partial charge in [0, 0.05) is 19.3 Å². The number of benzene rings is 1. The molecule has 2 heterocycles. The minimum Gasteiger partial charge on any atom is -0.391 e. The average Bonchev–Trinajstić information content (AvgIpc) is 2.63. The number of piperidine rings is 1. The van der Waals surface area contributed by atoms with Crippen molar-refractivity contribution in [1.82, 2.24) is 9.97 Å². The Bertz CT molecular complexity index is 786. The van der Waals surface area contributed by atoms with E-state index >= 15 is 0 Å². The fourth-order valence-electron chi connectivity index (χ4n) is 2.85. The van der Waals surface area contributed by atoms with Gasteiger partial charge in [-0.1, -0.05) is 6.07 Å². The first-order chi connectivity index (χ1) is 12.5. The Morgan fingerprint density at radius 2 is 2.27 bits per heavy atom. The highest BCUT2D eigenvalue weighted by Gasteiger charge is 2.19. The van der Waals surface area contributed by atoms with Crippen molar-refractivity contribution in [2.75, 3.05) is 35.2 Å². The second-order valence-electron chi connectivity index (χ2n) is 6.37. The summed E-state index contributed by atoms with van der Waals surface area (Å²) in [5, 5.41) is 15.1. The molecule has 2 aromatic rings. The van der Waals surface area contributed by atoms with Crippen molar-refractivity contribution in [3.05, 3.63) is 41.8 Å². The van der Waals surface area contributed by atoms with Crippen LogP contribution < -0.4 is 15.5 Å². The van der Waals surface area contributed by atoms with Gasteiger partial charge < -0.3 is 20.6 Å². The highest BCUT2D eigenvalue weighted by molar-refractivity contribution is 5.93. The number of anilines is 3. The van der Waals surface area contributed by atoms with Crippen LogP contribution in [-0.4, -0.2) is 46.7 Å². The van der Waals surface area contributed by atoms with Gasteiger partial charge in [-0.25, -0.2) is 9.37 Å². The van der Waals surface area contributed by atoms with Crippen LogP contribution >= 0.6 is 0 Å². The number of aryl methyl sites for hydroxylation is 1. The van der Waals surface area contributed by atoms with Gasteiger partial charge in [-0.3, -0.25) is 4.79 Å². The fraction of sp³-hybridized carbons (Fsp3) is 0.389. The molecule has 1 fully saturated rings. The summed E-state index contributed by atoms with van der Waals surface area (Å²) >= 11 is 0. The number of rotatable bonds is 5. The van der Waals surface area contributed by atoms with Crippen LogP contribution in [0.15, 0.2) is 30.5 Å². The lowest BCUT2D eigenvalue weighted by Gasteiger charge is -2.31. The third kappa shape index (κ3) is 4.66. The molecular formula is C18H22FN5O2. The summed E-state index contributed by atoms with van der Waals surface area (Å²) in [6.45, 7) is 3.05. The normalized spacial score (nSPS) is 17.0. The number of hydrogen-bond donors (Lipinski definition) is 3. The van der Waals surface area contributed by atoms with Crippen molar-refractivity contribution < 1.29 is 14.3 Å². The fourth-order valence-corrected chi connectivity index (χ4v) is 2.85. The van der Waals surface area contributed by atoms with Gasteiger partial charge >= 0.3 is 0 Å². The minimum atomic E-state index is -0.472. The van der Waals surface area contributed by atoms with E-state index in [0.717, 1.165) is 24.9 Å². The molecule has 7 nitrogen and oxygen atoms in total. The van der Waals surface area contributed by atoms with E-state index in [9.17, 15) is 14.3 Å². The van der Waals surface area contributed by atoms with E-state index in [1.54, 1.807) is 25.3 Å². The van der Waals surface area contributed by atoms with Crippen LogP contribution in [0.4, 0.5) is 21.8 Å². The number of β-amino-alcohol motifs (C(OH)–C–C–N with tert-alkyl or cyclic N) is 1. The smallest absolute Gasteiger partial charge is 0.243 e. The molecular weight excluding hydrogens is 337 g/mol. The molecule has 0 saturated carbocycles. The van der Waals surface area contributed by atoms with Crippen LogP contribution in [0, 0.1) is 12.7 Å². The first-order valence-electron chi connectivity index (χ1n) is 8.57.